The van der Waals surface area contributed by atoms with Gasteiger partial charge in [0.2, 0.25) is 10.0 Å². The SMILES string of the molecule is Cc1c(Cl)cccc1S(=O)(=O)N1CCCC(NC(=O)N2CCCCC2)C1. The van der Waals surface area contributed by atoms with Crippen LogP contribution in [0.25, 0.3) is 0 Å². The summed E-state index contributed by atoms with van der Waals surface area (Å²) in [6.07, 6.45) is 4.75. The molecule has 6 nitrogen and oxygen atoms in total. The summed E-state index contributed by atoms with van der Waals surface area (Å²) in [5.74, 6) is 0. The first kappa shape index (κ1) is 19.5. The molecular formula is C18H26ClN3O3S. The van der Waals surface area contributed by atoms with Gasteiger partial charge in [-0.2, -0.15) is 4.31 Å². The first-order valence-corrected chi connectivity index (χ1v) is 11.0. The lowest BCUT2D eigenvalue weighted by molar-refractivity contribution is 0.176. The van der Waals surface area contributed by atoms with E-state index >= 15 is 0 Å². The predicted molar refractivity (Wildman–Crippen MR) is 102 cm³/mol. The minimum absolute atomic E-state index is 0.0760. The molecule has 1 unspecified atom stereocenters. The van der Waals surface area contributed by atoms with Gasteiger partial charge in [-0.05, 0) is 56.7 Å². The minimum atomic E-state index is -3.62. The number of rotatable bonds is 3. The van der Waals surface area contributed by atoms with E-state index in [2.05, 4.69) is 5.32 Å². The molecule has 144 valence electrons. The van der Waals surface area contributed by atoms with Gasteiger partial charge in [0.1, 0.15) is 0 Å². The summed E-state index contributed by atoms with van der Waals surface area (Å²) >= 11 is 6.10. The maximum Gasteiger partial charge on any atom is 0.317 e. The van der Waals surface area contributed by atoms with Crippen LogP contribution in [0.3, 0.4) is 0 Å². The number of nitrogens with one attached hydrogen (secondary N) is 1. The molecule has 1 atom stereocenters. The number of benzene rings is 1. The Bertz CT molecular complexity index is 763. The Morgan fingerprint density at radius 3 is 2.62 bits per heavy atom. The third-order valence-corrected chi connectivity index (χ3v) is 7.61. The summed E-state index contributed by atoms with van der Waals surface area (Å²) in [4.78, 5) is 14.5. The number of urea groups is 1. The zero-order valence-corrected chi connectivity index (χ0v) is 16.7. The molecule has 0 bridgehead atoms. The number of amides is 2. The molecule has 0 aromatic heterocycles. The van der Waals surface area contributed by atoms with Gasteiger partial charge in [0, 0.05) is 37.2 Å². The largest absolute Gasteiger partial charge is 0.334 e. The lowest BCUT2D eigenvalue weighted by Gasteiger charge is -2.35. The highest BCUT2D eigenvalue weighted by atomic mass is 35.5. The summed E-state index contributed by atoms with van der Waals surface area (Å²) < 4.78 is 27.5. The molecule has 2 amide bonds. The van der Waals surface area contributed by atoms with Gasteiger partial charge in [0.25, 0.3) is 0 Å². The summed E-state index contributed by atoms with van der Waals surface area (Å²) in [6.45, 7) is 4.04. The summed E-state index contributed by atoms with van der Waals surface area (Å²) in [5, 5.41) is 3.47. The van der Waals surface area contributed by atoms with Crippen molar-refractivity contribution in [3.05, 3.63) is 28.8 Å². The Kier molecular flexibility index (Phi) is 6.10. The molecule has 0 saturated carbocycles. The number of piperidine rings is 2. The number of sulfonamides is 1. The van der Waals surface area contributed by atoms with Crippen LogP contribution in [-0.4, -0.2) is 55.9 Å². The van der Waals surface area contributed by atoms with Crippen LogP contribution in [-0.2, 0) is 10.0 Å². The van der Waals surface area contributed by atoms with E-state index in [1.807, 2.05) is 4.90 Å². The van der Waals surface area contributed by atoms with E-state index in [0.29, 0.717) is 23.7 Å². The summed E-state index contributed by atoms with van der Waals surface area (Å²) in [5.41, 5.74) is 0.564. The number of carbonyl (C=O) groups is 1. The van der Waals surface area contributed by atoms with E-state index in [4.69, 9.17) is 11.6 Å². The monoisotopic (exact) mass is 399 g/mol. The van der Waals surface area contributed by atoms with Gasteiger partial charge in [-0.3, -0.25) is 0 Å². The molecule has 26 heavy (non-hydrogen) atoms. The first-order chi connectivity index (χ1) is 12.4. The Hall–Kier alpha value is -1.31. The molecule has 3 rings (SSSR count). The first-order valence-electron chi connectivity index (χ1n) is 9.20. The Morgan fingerprint density at radius 1 is 1.15 bits per heavy atom. The number of hydrogen-bond acceptors (Lipinski definition) is 3. The van der Waals surface area contributed by atoms with Crippen molar-refractivity contribution in [1.29, 1.82) is 0 Å². The average molecular weight is 400 g/mol. The summed E-state index contributed by atoms with van der Waals surface area (Å²) in [6, 6.07) is 4.70. The number of carbonyl (C=O) groups excluding carboxylic acids is 1. The molecule has 8 heteroatoms. The van der Waals surface area contributed by atoms with E-state index in [1.165, 1.54) is 4.31 Å². The van der Waals surface area contributed by atoms with Crippen molar-refractivity contribution in [3.8, 4) is 0 Å². The Balaban J connectivity index is 1.69. The average Bonchev–Trinajstić information content (AvgIpc) is 2.65. The van der Waals surface area contributed by atoms with Crippen molar-refractivity contribution in [2.24, 2.45) is 0 Å². The van der Waals surface area contributed by atoms with E-state index in [1.54, 1.807) is 25.1 Å². The fourth-order valence-electron chi connectivity index (χ4n) is 3.65. The molecule has 2 aliphatic heterocycles. The molecule has 2 aliphatic rings. The fourth-order valence-corrected chi connectivity index (χ4v) is 5.65. The van der Waals surface area contributed by atoms with Crippen molar-refractivity contribution in [2.75, 3.05) is 26.2 Å². The standard InChI is InChI=1S/C18H26ClN3O3S/c1-14-16(19)8-5-9-17(14)26(24,25)22-12-6-7-15(13-22)20-18(23)21-10-3-2-4-11-21/h5,8-9,15H,2-4,6-7,10-13H2,1H3,(H,20,23). The quantitative estimate of drug-likeness (QED) is 0.849. The van der Waals surface area contributed by atoms with E-state index in [9.17, 15) is 13.2 Å². The van der Waals surface area contributed by atoms with Crippen LogP contribution in [0.2, 0.25) is 5.02 Å². The number of hydrogen-bond donors (Lipinski definition) is 1. The lowest BCUT2D eigenvalue weighted by Crippen LogP contribution is -2.53. The van der Waals surface area contributed by atoms with E-state index < -0.39 is 10.0 Å². The highest BCUT2D eigenvalue weighted by molar-refractivity contribution is 7.89. The third-order valence-electron chi connectivity index (χ3n) is 5.19. The highest BCUT2D eigenvalue weighted by Gasteiger charge is 2.32. The third kappa shape index (κ3) is 4.15. The van der Waals surface area contributed by atoms with Crippen LogP contribution in [0.4, 0.5) is 4.79 Å². The molecule has 2 saturated heterocycles. The molecule has 1 N–H and O–H groups in total. The van der Waals surface area contributed by atoms with Crippen LogP contribution >= 0.6 is 11.6 Å². The number of halogens is 1. The Morgan fingerprint density at radius 2 is 1.88 bits per heavy atom. The van der Waals surface area contributed by atoms with Crippen molar-refractivity contribution in [2.45, 2.75) is 50.0 Å². The van der Waals surface area contributed by atoms with Crippen LogP contribution in [0.15, 0.2) is 23.1 Å². The van der Waals surface area contributed by atoms with Crippen molar-refractivity contribution in [3.63, 3.8) is 0 Å². The van der Waals surface area contributed by atoms with E-state index in [0.717, 1.165) is 45.2 Å². The van der Waals surface area contributed by atoms with Gasteiger partial charge in [-0.1, -0.05) is 17.7 Å². The summed E-state index contributed by atoms with van der Waals surface area (Å²) in [7, 11) is -3.62. The van der Waals surface area contributed by atoms with Crippen molar-refractivity contribution >= 4 is 27.7 Å². The van der Waals surface area contributed by atoms with Gasteiger partial charge in [0.05, 0.1) is 4.90 Å². The van der Waals surface area contributed by atoms with Gasteiger partial charge in [0.15, 0.2) is 0 Å². The van der Waals surface area contributed by atoms with Crippen LogP contribution in [0.5, 0.6) is 0 Å². The van der Waals surface area contributed by atoms with Gasteiger partial charge >= 0.3 is 6.03 Å². The molecule has 1 aromatic rings. The molecule has 2 heterocycles. The number of nitrogens with zero attached hydrogens (tertiary/aromatic N) is 2. The minimum Gasteiger partial charge on any atom is -0.334 e. The highest BCUT2D eigenvalue weighted by Crippen LogP contribution is 2.27. The topological polar surface area (TPSA) is 69.7 Å². The van der Waals surface area contributed by atoms with Crippen LogP contribution < -0.4 is 5.32 Å². The molecule has 2 fully saturated rings. The van der Waals surface area contributed by atoms with E-state index in [-0.39, 0.29) is 17.0 Å². The van der Waals surface area contributed by atoms with Crippen molar-refractivity contribution < 1.29 is 13.2 Å². The lowest BCUT2D eigenvalue weighted by atomic mass is 10.1. The van der Waals surface area contributed by atoms with Crippen molar-refractivity contribution in [1.82, 2.24) is 14.5 Å². The van der Waals surface area contributed by atoms with Crippen LogP contribution in [0.1, 0.15) is 37.7 Å². The number of likely N-dealkylation sites (tertiary alicyclic amines) is 1. The second-order valence-electron chi connectivity index (χ2n) is 7.06. The molecule has 1 aromatic carbocycles. The maximum absolute atomic E-state index is 13.0. The zero-order chi connectivity index (χ0) is 18.7. The Labute approximate surface area is 160 Å². The molecular weight excluding hydrogens is 374 g/mol. The smallest absolute Gasteiger partial charge is 0.317 e. The van der Waals surface area contributed by atoms with Gasteiger partial charge in [-0.15, -0.1) is 0 Å². The maximum atomic E-state index is 13.0. The second-order valence-corrected chi connectivity index (χ2v) is 9.38. The van der Waals surface area contributed by atoms with Gasteiger partial charge in [-0.25, -0.2) is 13.2 Å². The normalized spacial score (nSPS) is 22.2. The van der Waals surface area contributed by atoms with Crippen LogP contribution in [0, 0.1) is 6.92 Å². The molecule has 0 radical (unpaired) electrons. The zero-order valence-electron chi connectivity index (χ0n) is 15.1. The second kappa shape index (κ2) is 8.15. The fraction of sp³-hybridized carbons (Fsp3) is 0.611. The predicted octanol–water partition coefficient (Wildman–Crippen LogP) is 3.00. The molecule has 0 spiro atoms. The molecule has 0 aliphatic carbocycles. The van der Waals surface area contributed by atoms with Gasteiger partial charge < -0.3 is 10.2 Å².